The van der Waals surface area contributed by atoms with Crippen LogP contribution in [0.5, 0.6) is 11.5 Å². The van der Waals surface area contributed by atoms with E-state index in [1.54, 1.807) is 14.0 Å². The molecule has 1 heterocycles. The van der Waals surface area contributed by atoms with Crippen LogP contribution >= 0.6 is 0 Å². The van der Waals surface area contributed by atoms with Gasteiger partial charge in [-0.05, 0) is 29.5 Å². The SMILES string of the molecule is COc1ccc2c(c1)OCC(c1ccccc1)C2CCNC(C)=O. The average Bonchev–Trinajstić information content (AvgIpc) is 2.61. The predicted molar refractivity (Wildman–Crippen MR) is 93.7 cm³/mol. The van der Waals surface area contributed by atoms with Crippen molar-refractivity contribution in [2.24, 2.45) is 0 Å². The zero-order valence-corrected chi connectivity index (χ0v) is 14.1. The van der Waals surface area contributed by atoms with Crippen LogP contribution in [-0.4, -0.2) is 26.2 Å². The van der Waals surface area contributed by atoms with Crippen LogP contribution in [0.15, 0.2) is 48.5 Å². The zero-order valence-electron chi connectivity index (χ0n) is 14.1. The lowest BCUT2D eigenvalue weighted by Gasteiger charge is -2.34. The Hall–Kier alpha value is -2.49. The highest BCUT2D eigenvalue weighted by Crippen LogP contribution is 2.44. The molecule has 0 bridgehead atoms. The van der Waals surface area contributed by atoms with Crippen molar-refractivity contribution in [3.63, 3.8) is 0 Å². The van der Waals surface area contributed by atoms with Gasteiger partial charge in [-0.25, -0.2) is 0 Å². The Balaban J connectivity index is 1.90. The number of rotatable bonds is 5. The van der Waals surface area contributed by atoms with E-state index in [1.807, 2.05) is 18.2 Å². The molecule has 0 saturated carbocycles. The number of hydrogen-bond acceptors (Lipinski definition) is 3. The van der Waals surface area contributed by atoms with E-state index in [0.717, 1.165) is 17.9 Å². The summed E-state index contributed by atoms with van der Waals surface area (Å²) in [6.45, 7) is 2.85. The van der Waals surface area contributed by atoms with Crippen molar-refractivity contribution in [1.29, 1.82) is 0 Å². The summed E-state index contributed by atoms with van der Waals surface area (Å²) in [6, 6.07) is 16.4. The Morgan fingerprint density at radius 2 is 2.04 bits per heavy atom. The molecular weight excluding hydrogens is 302 g/mol. The molecule has 2 aromatic carbocycles. The topological polar surface area (TPSA) is 47.6 Å². The maximum absolute atomic E-state index is 11.2. The minimum Gasteiger partial charge on any atom is -0.497 e. The van der Waals surface area contributed by atoms with E-state index in [9.17, 15) is 4.79 Å². The van der Waals surface area contributed by atoms with Crippen molar-refractivity contribution in [2.45, 2.75) is 25.2 Å². The number of amides is 1. The Labute approximate surface area is 142 Å². The third-order valence-electron chi connectivity index (χ3n) is 4.58. The Bertz CT molecular complexity index is 699. The first-order chi connectivity index (χ1) is 11.7. The summed E-state index contributed by atoms with van der Waals surface area (Å²) in [5.41, 5.74) is 2.45. The van der Waals surface area contributed by atoms with Gasteiger partial charge in [0, 0.05) is 25.5 Å². The van der Waals surface area contributed by atoms with Gasteiger partial charge in [0.2, 0.25) is 5.91 Å². The molecule has 24 heavy (non-hydrogen) atoms. The maximum atomic E-state index is 11.2. The quantitative estimate of drug-likeness (QED) is 0.915. The van der Waals surface area contributed by atoms with E-state index in [1.165, 1.54) is 11.1 Å². The number of methoxy groups -OCH3 is 1. The van der Waals surface area contributed by atoms with E-state index >= 15 is 0 Å². The predicted octanol–water partition coefficient (Wildman–Crippen LogP) is 3.48. The third kappa shape index (κ3) is 3.53. The molecule has 0 aromatic heterocycles. The molecule has 0 spiro atoms. The van der Waals surface area contributed by atoms with Gasteiger partial charge in [-0.2, -0.15) is 0 Å². The molecule has 2 aromatic rings. The number of carbonyl (C=O) groups is 1. The standard InChI is InChI=1S/C20H23NO3/c1-14(22)21-11-10-17-18-9-8-16(23-2)12-20(18)24-13-19(17)15-6-4-3-5-7-15/h3-9,12,17,19H,10-11,13H2,1-2H3,(H,21,22). The van der Waals surface area contributed by atoms with E-state index in [2.05, 4.69) is 35.6 Å². The number of fused-ring (bicyclic) bond motifs is 1. The molecule has 4 nitrogen and oxygen atoms in total. The highest BCUT2D eigenvalue weighted by atomic mass is 16.5. The fourth-order valence-electron chi connectivity index (χ4n) is 3.37. The Kier molecular flexibility index (Phi) is 5.04. The lowest BCUT2D eigenvalue weighted by atomic mass is 9.78. The highest BCUT2D eigenvalue weighted by molar-refractivity contribution is 5.72. The average molecular weight is 325 g/mol. The van der Waals surface area contributed by atoms with Crippen molar-refractivity contribution in [3.05, 3.63) is 59.7 Å². The minimum atomic E-state index is 0.00766. The lowest BCUT2D eigenvalue weighted by Crippen LogP contribution is -2.29. The van der Waals surface area contributed by atoms with E-state index in [0.29, 0.717) is 19.1 Å². The first-order valence-corrected chi connectivity index (χ1v) is 8.29. The van der Waals surface area contributed by atoms with Gasteiger partial charge < -0.3 is 14.8 Å². The molecule has 0 radical (unpaired) electrons. The summed E-state index contributed by atoms with van der Waals surface area (Å²) in [5.74, 6) is 2.27. The molecule has 0 fully saturated rings. The smallest absolute Gasteiger partial charge is 0.216 e. The second-order valence-electron chi connectivity index (χ2n) is 6.11. The molecule has 3 rings (SSSR count). The summed E-state index contributed by atoms with van der Waals surface area (Å²) in [7, 11) is 1.66. The molecule has 2 atom stereocenters. The van der Waals surface area contributed by atoms with E-state index < -0.39 is 0 Å². The van der Waals surface area contributed by atoms with Crippen molar-refractivity contribution < 1.29 is 14.3 Å². The molecular formula is C20H23NO3. The van der Waals surface area contributed by atoms with Crippen molar-refractivity contribution in [3.8, 4) is 11.5 Å². The van der Waals surface area contributed by atoms with Gasteiger partial charge in [0.05, 0.1) is 13.7 Å². The highest BCUT2D eigenvalue weighted by Gasteiger charge is 2.32. The van der Waals surface area contributed by atoms with Gasteiger partial charge in [0.25, 0.3) is 0 Å². The van der Waals surface area contributed by atoms with Crippen molar-refractivity contribution >= 4 is 5.91 Å². The van der Waals surface area contributed by atoms with E-state index in [-0.39, 0.29) is 11.8 Å². The number of carbonyl (C=O) groups excluding carboxylic acids is 1. The summed E-state index contributed by atoms with van der Waals surface area (Å²) >= 11 is 0. The molecule has 1 amide bonds. The largest absolute Gasteiger partial charge is 0.497 e. The van der Waals surface area contributed by atoms with Crippen LogP contribution in [0.25, 0.3) is 0 Å². The van der Waals surface area contributed by atoms with Crippen LogP contribution in [0.3, 0.4) is 0 Å². The normalized spacial score (nSPS) is 19.1. The lowest BCUT2D eigenvalue weighted by molar-refractivity contribution is -0.118. The van der Waals surface area contributed by atoms with Gasteiger partial charge in [-0.1, -0.05) is 36.4 Å². The second-order valence-corrected chi connectivity index (χ2v) is 6.11. The van der Waals surface area contributed by atoms with Crippen molar-refractivity contribution in [1.82, 2.24) is 5.32 Å². The van der Waals surface area contributed by atoms with E-state index in [4.69, 9.17) is 9.47 Å². The molecule has 0 aliphatic carbocycles. The second kappa shape index (κ2) is 7.39. The van der Waals surface area contributed by atoms with Crippen LogP contribution in [-0.2, 0) is 4.79 Å². The van der Waals surface area contributed by atoms with Crippen molar-refractivity contribution in [2.75, 3.05) is 20.3 Å². The van der Waals surface area contributed by atoms with Gasteiger partial charge in [-0.15, -0.1) is 0 Å². The Morgan fingerprint density at radius 3 is 2.75 bits per heavy atom. The molecule has 4 heteroatoms. The molecule has 0 saturated heterocycles. The molecule has 2 unspecified atom stereocenters. The van der Waals surface area contributed by atoms with Gasteiger partial charge >= 0.3 is 0 Å². The molecule has 1 N–H and O–H groups in total. The third-order valence-corrected chi connectivity index (χ3v) is 4.58. The van der Waals surface area contributed by atoms with Gasteiger partial charge in [0.1, 0.15) is 11.5 Å². The molecule has 126 valence electrons. The van der Waals surface area contributed by atoms with Crippen LogP contribution in [0.4, 0.5) is 0 Å². The van der Waals surface area contributed by atoms with Crippen LogP contribution in [0, 0.1) is 0 Å². The van der Waals surface area contributed by atoms with Crippen LogP contribution in [0.2, 0.25) is 0 Å². The van der Waals surface area contributed by atoms with Crippen LogP contribution in [0.1, 0.15) is 36.3 Å². The number of ether oxygens (including phenoxy) is 2. The fraction of sp³-hybridized carbons (Fsp3) is 0.350. The monoisotopic (exact) mass is 325 g/mol. The number of hydrogen-bond donors (Lipinski definition) is 1. The zero-order chi connectivity index (χ0) is 16.9. The summed E-state index contributed by atoms with van der Waals surface area (Å²) < 4.78 is 11.3. The first kappa shape index (κ1) is 16.4. The summed E-state index contributed by atoms with van der Waals surface area (Å²) in [4.78, 5) is 11.2. The summed E-state index contributed by atoms with van der Waals surface area (Å²) in [5, 5.41) is 2.91. The first-order valence-electron chi connectivity index (χ1n) is 8.29. The maximum Gasteiger partial charge on any atom is 0.216 e. The fourth-order valence-corrected chi connectivity index (χ4v) is 3.37. The van der Waals surface area contributed by atoms with Crippen LogP contribution < -0.4 is 14.8 Å². The van der Waals surface area contributed by atoms with Gasteiger partial charge in [0.15, 0.2) is 0 Å². The van der Waals surface area contributed by atoms with Gasteiger partial charge in [-0.3, -0.25) is 4.79 Å². The number of nitrogens with one attached hydrogen (secondary N) is 1. The summed E-state index contributed by atoms with van der Waals surface area (Å²) in [6.07, 6.45) is 0.877. The molecule has 1 aliphatic rings. The Morgan fingerprint density at radius 1 is 1.25 bits per heavy atom. The molecule has 1 aliphatic heterocycles. The minimum absolute atomic E-state index is 0.00766. The number of benzene rings is 2.